The highest BCUT2D eigenvalue weighted by molar-refractivity contribution is 5.94. The van der Waals surface area contributed by atoms with E-state index in [1.54, 1.807) is 25.3 Å². The van der Waals surface area contributed by atoms with Crippen molar-refractivity contribution in [1.82, 2.24) is 4.90 Å². The highest BCUT2D eigenvalue weighted by Crippen LogP contribution is 2.22. The second-order valence-electron chi connectivity index (χ2n) is 5.05. The van der Waals surface area contributed by atoms with Gasteiger partial charge in [-0.15, -0.1) is 0 Å². The van der Waals surface area contributed by atoms with Gasteiger partial charge in [-0.05, 0) is 38.1 Å². The predicted octanol–water partition coefficient (Wildman–Crippen LogP) is 2.29. The Labute approximate surface area is 119 Å². The minimum atomic E-state index is -0.923. The summed E-state index contributed by atoms with van der Waals surface area (Å²) < 4.78 is 5.14. The third kappa shape index (κ3) is 3.87. The number of likely N-dealkylation sites (tertiary alicyclic amines) is 1. The lowest BCUT2D eigenvalue weighted by molar-refractivity contribution is 0.0698. The van der Waals surface area contributed by atoms with Crippen molar-refractivity contribution in [3.8, 4) is 5.75 Å². The average Bonchev–Trinajstić information content (AvgIpc) is 2.48. The van der Waals surface area contributed by atoms with Crippen LogP contribution < -0.4 is 10.1 Å². The van der Waals surface area contributed by atoms with Crippen LogP contribution in [0.15, 0.2) is 18.2 Å². The minimum absolute atomic E-state index is 0.282. The number of nitrogens with zero attached hydrogens (tertiary/aromatic N) is 1. The molecule has 5 heteroatoms. The first kappa shape index (κ1) is 14.7. The van der Waals surface area contributed by atoms with Crippen molar-refractivity contribution in [1.29, 1.82) is 0 Å². The number of benzene rings is 1. The van der Waals surface area contributed by atoms with Crippen molar-refractivity contribution in [2.24, 2.45) is 0 Å². The Balaban J connectivity index is 1.94. The molecule has 1 fully saturated rings. The Morgan fingerprint density at radius 3 is 2.75 bits per heavy atom. The maximum Gasteiger partial charge on any atom is 0.337 e. The molecule has 2 rings (SSSR count). The Bertz CT molecular complexity index is 456. The Hall–Kier alpha value is -1.75. The molecular weight excluding hydrogens is 256 g/mol. The standard InChI is InChI=1S/C15H22N2O3/c1-20-12-5-6-13(15(18)19)14(11-12)16-7-10-17-8-3-2-4-9-17/h5-6,11,16H,2-4,7-10H2,1H3,(H,18,19). The third-order valence-electron chi connectivity index (χ3n) is 3.65. The van der Waals surface area contributed by atoms with E-state index in [0.29, 0.717) is 11.4 Å². The summed E-state index contributed by atoms with van der Waals surface area (Å²) in [5, 5.41) is 12.4. The summed E-state index contributed by atoms with van der Waals surface area (Å²) in [7, 11) is 1.58. The summed E-state index contributed by atoms with van der Waals surface area (Å²) in [5.74, 6) is -0.261. The molecule has 0 saturated carbocycles. The van der Waals surface area contributed by atoms with Crippen LogP contribution in [0.5, 0.6) is 5.75 Å². The molecule has 20 heavy (non-hydrogen) atoms. The van der Waals surface area contributed by atoms with Crippen molar-refractivity contribution in [2.45, 2.75) is 19.3 Å². The molecule has 0 aliphatic carbocycles. The molecule has 110 valence electrons. The second kappa shape index (κ2) is 7.14. The molecule has 1 heterocycles. The van der Waals surface area contributed by atoms with Gasteiger partial charge in [0.1, 0.15) is 5.75 Å². The van der Waals surface area contributed by atoms with Crippen LogP contribution in [0.2, 0.25) is 0 Å². The highest BCUT2D eigenvalue weighted by Gasteiger charge is 2.12. The van der Waals surface area contributed by atoms with Crippen molar-refractivity contribution in [2.75, 3.05) is 38.6 Å². The van der Waals surface area contributed by atoms with Gasteiger partial charge in [0, 0.05) is 19.2 Å². The van der Waals surface area contributed by atoms with Gasteiger partial charge >= 0.3 is 5.97 Å². The monoisotopic (exact) mass is 278 g/mol. The van der Waals surface area contributed by atoms with E-state index >= 15 is 0 Å². The number of carboxylic acids is 1. The zero-order chi connectivity index (χ0) is 14.4. The van der Waals surface area contributed by atoms with E-state index in [2.05, 4.69) is 10.2 Å². The Kier molecular flexibility index (Phi) is 5.24. The van der Waals surface area contributed by atoms with Gasteiger partial charge in [-0.25, -0.2) is 4.79 Å². The maximum atomic E-state index is 11.2. The van der Waals surface area contributed by atoms with Gasteiger partial charge in [0.25, 0.3) is 0 Å². The number of aromatic carboxylic acids is 1. The smallest absolute Gasteiger partial charge is 0.337 e. The van der Waals surface area contributed by atoms with Gasteiger partial charge in [0.15, 0.2) is 0 Å². The lowest BCUT2D eigenvalue weighted by Crippen LogP contribution is -2.33. The molecule has 0 amide bonds. The van der Waals surface area contributed by atoms with Crippen LogP contribution in [0.4, 0.5) is 5.69 Å². The number of carboxylic acid groups (broad SMARTS) is 1. The van der Waals surface area contributed by atoms with Crippen molar-refractivity contribution in [3.63, 3.8) is 0 Å². The fourth-order valence-corrected chi connectivity index (χ4v) is 2.51. The highest BCUT2D eigenvalue weighted by atomic mass is 16.5. The summed E-state index contributed by atoms with van der Waals surface area (Å²) >= 11 is 0. The van der Waals surface area contributed by atoms with E-state index in [-0.39, 0.29) is 5.56 Å². The lowest BCUT2D eigenvalue weighted by Gasteiger charge is -2.26. The summed E-state index contributed by atoms with van der Waals surface area (Å²) in [4.78, 5) is 13.6. The molecule has 0 bridgehead atoms. The van der Waals surface area contributed by atoms with Crippen LogP contribution in [0.1, 0.15) is 29.6 Å². The molecule has 1 saturated heterocycles. The normalized spacial score (nSPS) is 15.8. The van der Waals surface area contributed by atoms with E-state index in [0.717, 1.165) is 26.2 Å². The number of methoxy groups -OCH3 is 1. The molecule has 2 N–H and O–H groups in total. The number of anilines is 1. The quantitative estimate of drug-likeness (QED) is 0.836. The third-order valence-corrected chi connectivity index (χ3v) is 3.65. The van der Waals surface area contributed by atoms with E-state index in [1.165, 1.54) is 19.3 Å². The zero-order valence-electron chi connectivity index (χ0n) is 11.9. The summed E-state index contributed by atoms with van der Waals surface area (Å²) in [6.45, 7) is 3.97. The van der Waals surface area contributed by atoms with Crippen LogP contribution in [-0.2, 0) is 0 Å². The van der Waals surface area contributed by atoms with Gasteiger partial charge in [-0.2, -0.15) is 0 Å². The molecule has 0 spiro atoms. The van der Waals surface area contributed by atoms with Gasteiger partial charge in [-0.3, -0.25) is 0 Å². The molecular formula is C15H22N2O3. The number of hydrogen-bond donors (Lipinski definition) is 2. The topological polar surface area (TPSA) is 61.8 Å². The molecule has 1 aliphatic heterocycles. The van der Waals surface area contributed by atoms with Crippen LogP contribution in [0, 0.1) is 0 Å². The van der Waals surface area contributed by atoms with Crippen molar-refractivity contribution in [3.05, 3.63) is 23.8 Å². The zero-order valence-corrected chi connectivity index (χ0v) is 11.9. The molecule has 0 aromatic heterocycles. The van der Waals surface area contributed by atoms with Crippen molar-refractivity contribution < 1.29 is 14.6 Å². The molecule has 0 atom stereocenters. The second-order valence-corrected chi connectivity index (χ2v) is 5.05. The van der Waals surface area contributed by atoms with Gasteiger partial charge < -0.3 is 20.1 Å². The van der Waals surface area contributed by atoms with E-state index < -0.39 is 5.97 Å². The van der Waals surface area contributed by atoms with E-state index in [1.807, 2.05) is 0 Å². The van der Waals surface area contributed by atoms with E-state index in [4.69, 9.17) is 4.74 Å². The van der Waals surface area contributed by atoms with Crippen LogP contribution in [-0.4, -0.2) is 49.3 Å². The number of rotatable bonds is 6. The first-order chi connectivity index (χ1) is 9.70. The number of carbonyl (C=O) groups is 1. The first-order valence-corrected chi connectivity index (χ1v) is 7.08. The maximum absolute atomic E-state index is 11.2. The number of nitrogens with one attached hydrogen (secondary N) is 1. The van der Waals surface area contributed by atoms with Gasteiger partial charge in [0.2, 0.25) is 0 Å². The average molecular weight is 278 g/mol. The minimum Gasteiger partial charge on any atom is -0.497 e. The van der Waals surface area contributed by atoms with Crippen LogP contribution >= 0.6 is 0 Å². The number of hydrogen-bond acceptors (Lipinski definition) is 4. The number of ether oxygens (including phenoxy) is 1. The largest absolute Gasteiger partial charge is 0.497 e. The summed E-state index contributed by atoms with van der Waals surface area (Å²) in [6.07, 6.45) is 3.85. The molecule has 0 unspecified atom stereocenters. The van der Waals surface area contributed by atoms with E-state index in [9.17, 15) is 9.90 Å². The van der Waals surface area contributed by atoms with Crippen LogP contribution in [0.3, 0.4) is 0 Å². The summed E-state index contributed by atoms with van der Waals surface area (Å²) in [5.41, 5.74) is 0.901. The van der Waals surface area contributed by atoms with Crippen molar-refractivity contribution >= 4 is 11.7 Å². The molecule has 0 radical (unpaired) electrons. The fourth-order valence-electron chi connectivity index (χ4n) is 2.51. The SMILES string of the molecule is COc1ccc(C(=O)O)c(NCCN2CCCCC2)c1. The van der Waals surface area contributed by atoms with Gasteiger partial charge in [0.05, 0.1) is 18.4 Å². The summed E-state index contributed by atoms with van der Waals surface area (Å²) in [6, 6.07) is 4.98. The lowest BCUT2D eigenvalue weighted by atomic mass is 10.1. The fraction of sp³-hybridized carbons (Fsp3) is 0.533. The molecule has 1 aromatic carbocycles. The van der Waals surface area contributed by atoms with Crippen LogP contribution in [0.25, 0.3) is 0 Å². The first-order valence-electron chi connectivity index (χ1n) is 7.08. The molecule has 5 nitrogen and oxygen atoms in total. The predicted molar refractivity (Wildman–Crippen MR) is 78.7 cm³/mol. The molecule has 1 aromatic rings. The Morgan fingerprint density at radius 2 is 2.10 bits per heavy atom. The molecule has 1 aliphatic rings. The van der Waals surface area contributed by atoms with Gasteiger partial charge in [-0.1, -0.05) is 6.42 Å². The number of piperidine rings is 1. The Morgan fingerprint density at radius 1 is 1.35 bits per heavy atom.